The summed E-state index contributed by atoms with van der Waals surface area (Å²) >= 11 is 0. The lowest BCUT2D eigenvalue weighted by Crippen LogP contribution is -2.48. The number of aromatic nitrogens is 2. The molecule has 0 aliphatic carbocycles. The van der Waals surface area contributed by atoms with Gasteiger partial charge < -0.3 is 14.2 Å². The van der Waals surface area contributed by atoms with Gasteiger partial charge in [0.15, 0.2) is 5.69 Å². The number of imidazole rings is 1. The largest absolute Gasteiger partial charge is 0.379 e. The first-order valence-corrected chi connectivity index (χ1v) is 14.6. The third-order valence-corrected chi connectivity index (χ3v) is 9.25. The van der Waals surface area contributed by atoms with E-state index in [2.05, 4.69) is 31.8 Å². The van der Waals surface area contributed by atoms with Gasteiger partial charge in [0.25, 0.3) is 0 Å². The second kappa shape index (κ2) is 11.7. The second-order valence-electron chi connectivity index (χ2n) is 9.96. The molecule has 1 saturated heterocycles. The maximum atomic E-state index is 14.0. The highest BCUT2D eigenvalue weighted by molar-refractivity contribution is 7.89. The lowest BCUT2D eigenvalue weighted by atomic mass is 10.1. The van der Waals surface area contributed by atoms with E-state index in [0.29, 0.717) is 45.0 Å². The first-order chi connectivity index (χ1) is 18.4. The third-order valence-electron chi connectivity index (χ3n) is 7.41. The smallest absolute Gasteiger partial charge is 0.215 e. The Hall–Kier alpha value is -3.23. The van der Waals surface area contributed by atoms with E-state index in [1.165, 1.54) is 0 Å². The molecule has 2 aliphatic rings. The number of sulfonamides is 1. The summed E-state index contributed by atoms with van der Waals surface area (Å²) in [5.41, 5.74) is 4.46. The first kappa shape index (κ1) is 26.4. The van der Waals surface area contributed by atoms with Crippen molar-refractivity contribution in [2.75, 3.05) is 50.0 Å². The molecule has 0 radical (unpaired) electrons. The molecule has 3 heterocycles. The number of benzene rings is 2. The second-order valence-corrected chi connectivity index (χ2v) is 12.0. The zero-order valence-corrected chi connectivity index (χ0v) is 22.6. The van der Waals surface area contributed by atoms with E-state index in [-0.39, 0.29) is 18.3 Å². The lowest BCUT2D eigenvalue weighted by Gasteiger charge is -2.33. The molecule has 10 heteroatoms. The normalized spacial score (nSPS) is 19.1. The molecule has 2 aliphatic heterocycles. The minimum atomic E-state index is -3.60. The molecule has 0 amide bonds. The number of fused-ring (bicyclic) bond motifs is 1. The molecule has 1 atom stereocenters. The van der Waals surface area contributed by atoms with Crippen LogP contribution < -0.4 is 4.90 Å². The summed E-state index contributed by atoms with van der Waals surface area (Å²) < 4.78 is 37.1. The van der Waals surface area contributed by atoms with E-state index in [9.17, 15) is 8.42 Å². The van der Waals surface area contributed by atoms with Crippen LogP contribution in [0.5, 0.6) is 0 Å². The highest BCUT2D eigenvalue weighted by Gasteiger charge is 2.36. The molecule has 0 saturated carbocycles. The van der Waals surface area contributed by atoms with Crippen LogP contribution >= 0.6 is 0 Å². The van der Waals surface area contributed by atoms with Crippen molar-refractivity contribution < 1.29 is 13.2 Å². The minimum absolute atomic E-state index is 0.0534. The van der Waals surface area contributed by atoms with Crippen molar-refractivity contribution in [1.82, 2.24) is 18.8 Å². The van der Waals surface area contributed by atoms with Crippen LogP contribution in [0.15, 0.2) is 61.1 Å². The Morgan fingerprint density at radius 2 is 1.92 bits per heavy atom. The topological polar surface area (TPSA) is 75.3 Å². The average Bonchev–Trinajstić information content (AvgIpc) is 3.27. The van der Waals surface area contributed by atoms with Crippen molar-refractivity contribution in [3.05, 3.63) is 89.3 Å². The van der Waals surface area contributed by atoms with Gasteiger partial charge in [0.05, 0.1) is 44.1 Å². The molecule has 0 spiro atoms. The number of anilines is 1. The molecule has 9 nitrogen and oxygen atoms in total. The number of rotatable bonds is 8. The average molecular weight is 535 g/mol. The highest BCUT2D eigenvalue weighted by Crippen LogP contribution is 2.34. The SMILES string of the molecule is [C-]#[N+]c1ccc2c(c1)CN(S(=O)(=O)CCN1CCOCC1)[C@H](Cc1ccccc1)CN2Cc1cncn1C. The van der Waals surface area contributed by atoms with E-state index in [4.69, 9.17) is 11.3 Å². The minimum Gasteiger partial charge on any atom is -0.379 e. The maximum absolute atomic E-state index is 14.0. The zero-order chi connectivity index (χ0) is 26.5. The predicted molar refractivity (Wildman–Crippen MR) is 147 cm³/mol. The van der Waals surface area contributed by atoms with Crippen molar-refractivity contribution in [3.63, 3.8) is 0 Å². The Bertz CT molecular complexity index is 1380. The van der Waals surface area contributed by atoms with Gasteiger partial charge in [-0.25, -0.2) is 18.2 Å². The van der Waals surface area contributed by atoms with Gasteiger partial charge in [0.2, 0.25) is 10.0 Å². The van der Waals surface area contributed by atoms with E-state index < -0.39 is 10.0 Å². The molecule has 1 aromatic heterocycles. The van der Waals surface area contributed by atoms with Crippen molar-refractivity contribution in [2.45, 2.75) is 25.6 Å². The molecular weight excluding hydrogens is 500 g/mol. The molecule has 0 N–H and O–H groups in total. The summed E-state index contributed by atoms with van der Waals surface area (Å²) in [6.45, 7) is 12.2. The zero-order valence-electron chi connectivity index (χ0n) is 21.7. The van der Waals surface area contributed by atoms with Crippen LogP contribution in [0.25, 0.3) is 4.85 Å². The van der Waals surface area contributed by atoms with Gasteiger partial charge in [-0.1, -0.05) is 36.4 Å². The Morgan fingerprint density at radius 3 is 2.63 bits per heavy atom. The summed E-state index contributed by atoms with van der Waals surface area (Å²) in [7, 11) is -1.64. The van der Waals surface area contributed by atoms with E-state index in [1.807, 2.05) is 54.2 Å². The van der Waals surface area contributed by atoms with E-state index >= 15 is 0 Å². The van der Waals surface area contributed by atoms with Crippen LogP contribution in [0.3, 0.4) is 0 Å². The fourth-order valence-corrected chi connectivity index (χ4v) is 6.92. The number of hydrogen-bond donors (Lipinski definition) is 0. The fourth-order valence-electron chi connectivity index (χ4n) is 5.26. The molecule has 0 unspecified atom stereocenters. The Balaban J connectivity index is 1.51. The molecule has 5 rings (SSSR count). The van der Waals surface area contributed by atoms with Gasteiger partial charge in [-0.05, 0) is 29.7 Å². The van der Waals surface area contributed by atoms with Gasteiger partial charge in [0, 0.05) is 57.7 Å². The van der Waals surface area contributed by atoms with Crippen molar-refractivity contribution in [1.29, 1.82) is 0 Å². The number of nitrogens with zero attached hydrogens (tertiary/aromatic N) is 6. The molecule has 2 aromatic carbocycles. The van der Waals surface area contributed by atoms with Crippen LogP contribution in [0.1, 0.15) is 16.8 Å². The summed E-state index contributed by atoms with van der Waals surface area (Å²) in [4.78, 5) is 12.3. The summed E-state index contributed by atoms with van der Waals surface area (Å²) in [5, 5.41) is 0. The summed E-state index contributed by atoms with van der Waals surface area (Å²) in [6.07, 6.45) is 4.23. The molecule has 38 heavy (non-hydrogen) atoms. The maximum Gasteiger partial charge on any atom is 0.215 e. The molecular formula is C28H34N6O3S. The predicted octanol–water partition coefficient (Wildman–Crippen LogP) is 3.07. The van der Waals surface area contributed by atoms with Gasteiger partial charge in [-0.3, -0.25) is 4.90 Å². The van der Waals surface area contributed by atoms with Crippen LogP contribution in [-0.4, -0.2) is 78.4 Å². The van der Waals surface area contributed by atoms with Crippen LogP contribution in [0.2, 0.25) is 0 Å². The van der Waals surface area contributed by atoms with Gasteiger partial charge in [-0.15, -0.1) is 0 Å². The van der Waals surface area contributed by atoms with Crippen LogP contribution in [0, 0.1) is 6.57 Å². The van der Waals surface area contributed by atoms with E-state index in [0.717, 1.165) is 35.6 Å². The van der Waals surface area contributed by atoms with E-state index in [1.54, 1.807) is 10.6 Å². The number of aryl methyl sites for hydroxylation is 1. The molecule has 3 aromatic rings. The summed E-state index contributed by atoms with van der Waals surface area (Å²) in [5.74, 6) is 0.0534. The lowest BCUT2D eigenvalue weighted by molar-refractivity contribution is 0.0406. The molecule has 1 fully saturated rings. The van der Waals surface area contributed by atoms with Crippen LogP contribution in [0.4, 0.5) is 11.4 Å². The Morgan fingerprint density at radius 1 is 1.13 bits per heavy atom. The van der Waals surface area contributed by atoms with Crippen molar-refractivity contribution in [3.8, 4) is 0 Å². The number of ether oxygens (including phenoxy) is 1. The van der Waals surface area contributed by atoms with Crippen molar-refractivity contribution >= 4 is 21.4 Å². The van der Waals surface area contributed by atoms with Crippen LogP contribution in [-0.2, 0) is 41.3 Å². The van der Waals surface area contributed by atoms with Gasteiger partial charge in [0.1, 0.15) is 0 Å². The highest BCUT2D eigenvalue weighted by atomic mass is 32.2. The summed E-state index contributed by atoms with van der Waals surface area (Å²) in [6, 6.07) is 15.4. The molecule has 200 valence electrons. The number of morpholine rings is 1. The Kier molecular flexibility index (Phi) is 8.09. The molecule has 0 bridgehead atoms. The quantitative estimate of drug-likeness (QED) is 0.414. The third kappa shape index (κ3) is 6.08. The first-order valence-electron chi connectivity index (χ1n) is 13.0. The van der Waals surface area contributed by atoms with Gasteiger partial charge in [-0.2, -0.15) is 4.31 Å². The standard InChI is InChI=1S/C28H34N6O3S/c1-29-25-8-9-28-24(17-25)19-34(38(35,36)15-12-32-10-13-37-14-11-32)26(16-23-6-4-3-5-7-23)20-33(28)21-27-18-30-22-31(27)2/h3-9,17-18,22,26H,10-16,19-21H2,2H3/t26-/m1/s1. The number of hydrogen-bond acceptors (Lipinski definition) is 6. The van der Waals surface area contributed by atoms with Gasteiger partial charge >= 0.3 is 0 Å². The Labute approximate surface area is 225 Å². The van der Waals surface area contributed by atoms with Crippen molar-refractivity contribution in [2.24, 2.45) is 7.05 Å². The monoisotopic (exact) mass is 534 g/mol. The fraction of sp³-hybridized carbons (Fsp3) is 0.429.